The van der Waals surface area contributed by atoms with Gasteiger partial charge in [-0.3, -0.25) is 4.79 Å². The number of halogens is 1. The molecule has 1 aliphatic heterocycles. The molecule has 0 fully saturated rings. The SMILES string of the molecule is N#Cc1cccn1CCC(NS(=O)(=O)c1cc2c(cc1Cl)C=CC2)C(=O)N1CCn2cnnc2C1. The molecule has 0 spiro atoms. The van der Waals surface area contributed by atoms with Crippen LogP contribution in [0, 0.1) is 11.3 Å². The Labute approximate surface area is 207 Å². The average Bonchev–Trinajstić information content (AvgIpc) is 3.60. The molecule has 35 heavy (non-hydrogen) atoms. The minimum Gasteiger partial charge on any atom is -0.339 e. The Morgan fingerprint density at radius 3 is 3.00 bits per heavy atom. The summed E-state index contributed by atoms with van der Waals surface area (Å²) in [7, 11) is -4.12. The number of hydrogen-bond donors (Lipinski definition) is 1. The van der Waals surface area contributed by atoms with E-state index in [9.17, 15) is 18.5 Å². The maximum absolute atomic E-state index is 13.5. The van der Waals surface area contributed by atoms with Gasteiger partial charge in [0.2, 0.25) is 15.9 Å². The second-order valence-electron chi connectivity index (χ2n) is 8.45. The second-order valence-corrected chi connectivity index (χ2v) is 10.5. The Morgan fingerprint density at radius 1 is 1.31 bits per heavy atom. The summed E-state index contributed by atoms with van der Waals surface area (Å²) in [6, 6.07) is 7.61. The van der Waals surface area contributed by atoms with Gasteiger partial charge in [0.05, 0.1) is 11.6 Å². The van der Waals surface area contributed by atoms with E-state index in [1.54, 1.807) is 46.3 Å². The van der Waals surface area contributed by atoms with E-state index < -0.39 is 16.1 Å². The molecule has 10 nitrogen and oxygen atoms in total. The lowest BCUT2D eigenvalue weighted by Crippen LogP contribution is -2.50. The molecule has 1 aromatic carbocycles. The van der Waals surface area contributed by atoms with Gasteiger partial charge in [-0.05, 0) is 48.2 Å². The molecule has 5 rings (SSSR count). The van der Waals surface area contributed by atoms with Crippen LogP contribution in [-0.2, 0) is 40.9 Å². The van der Waals surface area contributed by atoms with Gasteiger partial charge >= 0.3 is 0 Å². The van der Waals surface area contributed by atoms with Crippen LogP contribution in [0.5, 0.6) is 0 Å². The largest absolute Gasteiger partial charge is 0.339 e. The number of aryl methyl sites for hydroxylation is 1. The standard InChI is InChI=1S/C23H22ClN7O3S/c24-19-11-16-3-1-4-17(16)12-21(19)35(33,34)28-20(6-8-29-7-2-5-18(29)13-25)23(32)30-9-10-31-15-26-27-22(31)14-30/h1-3,5,7,11-12,15,20,28H,4,6,8-10,14H2. The quantitative estimate of drug-likeness (QED) is 0.516. The minimum absolute atomic E-state index is 0.0588. The van der Waals surface area contributed by atoms with Crippen LogP contribution in [0.1, 0.15) is 29.1 Å². The van der Waals surface area contributed by atoms with Crippen LogP contribution in [0.15, 0.2) is 47.8 Å². The lowest BCUT2D eigenvalue weighted by Gasteiger charge is -2.31. The number of rotatable bonds is 7. The summed E-state index contributed by atoms with van der Waals surface area (Å²) in [6.45, 7) is 1.43. The average molecular weight is 512 g/mol. The highest BCUT2D eigenvalue weighted by molar-refractivity contribution is 7.89. The Hall–Kier alpha value is -3.46. The molecular formula is C23H22ClN7O3S. The Morgan fingerprint density at radius 2 is 2.17 bits per heavy atom. The molecule has 0 saturated heterocycles. The summed E-state index contributed by atoms with van der Waals surface area (Å²) in [4.78, 5) is 15.1. The summed E-state index contributed by atoms with van der Waals surface area (Å²) >= 11 is 6.34. The molecule has 0 bridgehead atoms. The van der Waals surface area contributed by atoms with Crippen LogP contribution in [0.25, 0.3) is 6.08 Å². The van der Waals surface area contributed by atoms with Gasteiger partial charge < -0.3 is 14.0 Å². The van der Waals surface area contributed by atoms with Gasteiger partial charge in [-0.25, -0.2) is 8.42 Å². The van der Waals surface area contributed by atoms with Crippen molar-refractivity contribution in [2.24, 2.45) is 0 Å². The highest BCUT2D eigenvalue weighted by atomic mass is 35.5. The maximum Gasteiger partial charge on any atom is 0.242 e. The number of allylic oxidation sites excluding steroid dienone is 1. The fourth-order valence-electron chi connectivity index (χ4n) is 4.40. The number of benzene rings is 1. The maximum atomic E-state index is 13.5. The summed E-state index contributed by atoms with van der Waals surface area (Å²) in [5, 5.41) is 17.3. The number of sulfonamides is 1. The molecule has 180 valence electrons. The number of carbonyl (C=O) groups is 1. The number of nitrogens with zero attached hydrogens (tertiary/aromatic N) is 6. The molecule has 0 saturated carbocycles. The third-order valence-corrected chi connectivity index (χ3v) is 8.20. The van der Waals surface area contributed by atoms with Crippen molar-refractivity contribution < 1.29 is 13.2 Å². The first-order valence-corrected chi connectivity index (χ1v) is 12.9. The van der Waals surface area contributed by atoms with Gasteiger partial charge in [0.1, 0.15) is 29.0 Å². The van der Waals surface area contributed by atoms with Gasteiger partial charge in [-0.15, -0.1) is 10.2 Å². The fourth-order valence-corrected chi connectivity index (χ4v) is 6.21. The summed E-state index contributed by atoms with van der Waals surface area (Å²) in [5.74, 6) is 0.269. The number of aromatic nitrogens is 4. The summed E-state index contributed by atoms with van der Waals surface area (Å²) < 4.78 is 33.0. The van der Waals surface area contributed by atoms with E-state index in [1.807, 2.05) is 16.7 Å². The molecule has 1 atom stereocenters. The van der Waals surface area contributed by atoms with Crippen LogP contribution in [0.3, 0.4) is 0 Å². The highest BCUT2D eigenvalue weighted by Crippen LogP contribution is 2.30. The van der Waals surface area contributed by atoms with Crippen molar-refractivity contribution in [1.29, 1.82) is 5.26 Å². The monoisotopic (exact) mass is 511 g/mol. The Bertz CT molecular complexity index is 1470. The minimum atomic E-state index is -4.12. The first kappa shape index (κ1) is 23.3. The van der Waals surface area contributed by atoms with E-state index in [0.29, 0.717) is 31.0 Å². The zero-order valence-electron chi connectivity index (χ0n) is 18.6. The summed E-state index contributed by atoms with van der Waals surface area (Å²) in [5.41, 5.74) is 2.17. The normalized spacial score (nSPS) is 15.5. The molecule has 2 aromatic heterocycles. The van der Waals surface area contributed by atoms with Crippen molar-refractivity contribution in [1.82, 2.24) is 29.0 Å². The van der Waals surface area contributed by atoms with Crippen molar-refractivity contribution in [2.75, 3.05) is 6.54 Å². The molecule has 2 aliphatic rings. The predicted octanol–water partition coefficient (Wildman–Crippen LogP) is 1.95. The van der Waals surface area contributed by atoms with E-state index in [0.717, 1.165) is 11.1 Å². The van der Waals surface area contributed by atoms with Gasteiger partial charge in [-0.1, -0.05) is 23.8 Å². The third kappa shape index (κ3) is 4.60. The molecule has 12 heteroatoms. The summed E-state index contributed by atoms with van der Waals surface area (Å²) in [6.07, 6.45) is 7.94. The van der Waals surface area contributed by atoms with Crippen LogP contribution in [0.4, 0.5) is 0 Å². The molecule has 3 aromatic rings. The van der Waals surface area contributed by atoms with E-state index >= 15 is 0 Å². The number of hydrogen-bond acceptors (Lipinski definition) is 6. The zero-order chi connectivity index (χ0) is 24.6. The number of fused-ring (bicyclic) bond motifs is 2. The van der Waals surface area contributed by atoms with E-state index in [1.165, 1.54) is 0 Å². The van der Waals surface area contributed by atoms with Gasteiger partial charge in [0.25, 0.3) is 0 Å². The molecule has 3 heterocycles. The number of carbonyl (C=O) groups excluding carboxylic acids is 1. The number of amides is 1. The molecule has 1 aliphatic carbocycles. The van der Waals surface area contributed by atoms with Gasteiger partial charge in [-0.2, -0.15) is 9.98 Å². The van der Waals surface area contributed by atoms with Crippen molar-refractivity contribution >= 4 is 33.6 Å². The van der Waals surface area contributed by atoms with Crippen molar-refractivity contribution in [2.45, 2.75) is 43.4 Å². The Kier molecular flexibility index (Phi) is 6.19. The fraction of sp³-hybridized carbons (Fsp3) is 0.304. The topological polar surface area (TPSA) is 126 Å². The molecular weight excluding hydrogens is 490 g/mol. The lowest BCUT2D eigenvalue weighted by molar-refractivity contribution is -0.134. The highest BCUT2D eigenvalue weighted by Gasteiger charge is 2.33. The third-order valence-electron chi connectivity index (χ3n) is 6.27. The molecule has 1 unspecified atom stereocenters. The molecule has 1 amide bonds. The van der Waals surface area contributed by atoms with Crippen LogP contribution < -0.4 is 4.72 Å². The van der Waals surface area contributed by atoms with Crippen LogP contribution >= 0.6 is 11.6 Å². The number of nitriles is 1. The van der Waals surface area contributed by atoms with E-state index in [4.69, 9.17) is 11.6 Å². The Balaban J connectivity index is 1.41. The molecule has 0 radical (unpaired) electrons. The predicted molar refractivity (Wildman–Crippen MR) is 128 cm³/mol. The second kappa shape index (κ2) is 9.30. The zero-order valence-corrected chi connectivity index (χ0v) is 20.2. The first-order chi connectivity index (χ1) is 16.9. The van der Waals surface area contributed by atoms with Gasteiger partial charge in [0.15, 0.2) is 5.82 Å². The van der Waals surface area contributed by atoms with E-state index in [2.05, 4.69) is 21.0 Å². The van der Waals surface area contributed by atoms with Crippen LogP contribution in [-0.4, -0.2) is 51.1 Å². The van der Waals surface area contributed by atoms with Crippen LogP contribution in [0.2, 0.25) is 5.02 Å². The van der Waals surface area contributed by atoms with E-state index in [-0.39, 0.29) is 35.3 Å². The molecule has 1 N–H and O–H groups in total. The lowest BCUT2D eigenvalue weighted by atomic mass is 10.1. The first-order valence-electron chi connectivity index (χ1n) is 11.1. The number of nitrogens with one attached hydrogen (secondary N) is 1. The van der Waals surface area contributed by atoms with Crippen molar-refractivity contribution in [3.63, 3.8) is 0 Å². The van der Waals surface area contributed by atoms with Crippen molar-refractivity contribution in [3.8, 4) is 6.07 Å². The van der Waals surface area contributed by atoms with Crippen molar-refractivity contribution in [3.05, 3.63) is 70.5 Å². The van der Waals surface area contributed by atoms with Gasteiger partial charge in [0, 0.05) is 25.8 Å². The smallest absolute Gasteiger partial charge is 0.242 e.